The van der Waals surface area contributed by atoms with E-state index in [9.17, 15) is 8.42 Å². The molecule has 0 bridgehead atoms. The molecule has 1 aromatic rings. The van der Waals surface area contributed by atoms with Gasteiger partial charge in [-0.15, -0.1) is 0 Å². The Morgan fingerprint density at radius 3 is 2.15 bits per heavy atom. The summed E-state index contributed by atoms with van der Waals surface area (Å²) >= 11 is 0. The molecule has 0 aliphatic heterocycles. The molecule has 74 valence electrons. The molecular formula is C8H14N2O2S. The van der Waals surface area contributed by atoms with Crippen LogP contribution >= 0.6 is 0 Å². The Kier molecular flexibility index (Phi) is 2.47. The van der Waals surface area contributed by atoms with Crippen molar-refractivity contribution in [2.45, 2.75) is 26.6 Å². The van der Waals surface area contributed by atoms with E-state index in [0.29, 0.717) is 0 Å². The third kappa shape index (κ3) is 2.30. The lowest BCUT2D eigenvalue weighted by molar-refractivity contribution is 0.578. The molecule has 1 heterocycles. The Morgan fingerprint density at radius 2 is 1.85 bits per heavy atom. The van der Waals surface area contributed by atoms with Crippen molar-refractivity contribution in [2.75, 3.05) is 6.26 Å². The van der Waals surface area contributed by atoms with Gasteiger partial charge >= 0.3 is 0 Å². The molecule has 0 N–H and O–H groups in total. The van der Waals surface area contributed by atoms with E-state index in [-0.39, 0.29) is 5.88 Å². The molecule has 0 saturated heterocycles. The van der Waals surface area contributed by atoms with Crippen molar-refractivity contribution in [3.05, 3.63) is 17.0 Å². The van der Waals surface area contributed by atoms with Crippen LogP contribution in [0.25, 0.3) is 0 Å². The third-order valence-corrected chi connectivity index (χ3v) is 2.81. The van der Waals surface area contributed by atoms with E-state index in [1.807, 2.05) is 20.8 Å². The Bertz CT molecular complexity index is 418. The number of hydrogen-bond donors (Lipinski definition) is 0. The number of nitrogens with zero attached hydrogens (tertiary/aromatic N) is 2. The molecule has 5 heteroatoms. The van der Waals surface area contributed by atoms with Crippen molar-refractivity contribution >= 4 is 9.84 Å². The summed E-state index contributed by atoms with van der Waals surface area (Å²) in [4.78, 5) is 0. The average molecular weight is 202 g/mol. The number of rotatable bonds is 2. The lowest BCUT2D eigenvalue weighted by Crippen LogP contribution is -2.11. The largest absolute Gasteiger partial charge is 0.254 e. The summed E-state index contributed by atoms with van der Waals surface area (Å²) in [5.41, 5.74) is 2.87. The second-order valence-electron chi connectivity index (χ2n) is 3.35. The molecule has 1 aromatic heterocycles. The lowest BCUT2D eigenvalue weighted by Gasteiger charge is -2.01. The standard InChI is InChI=1S/C8H14N2O2S/c1-6-7(2)9-10(8(6)3)5-13(4,11)12/h5H2,1-4H3. The van der Waals surface area contributed by atoms with Gasteiger partial charge in [0.05, 0.1) is 5.69 Å². The highest BCUT2D eigenvalue weighted by Gasteiger charge is 2.11. The summed E-state index contributed by atoms with van der Waals surface area (Å²) in [5, 5.41) is 4.13. The SMILES string of the molecule is Cc1nn(CS(C)(=O)=O)c(C)c1C. The maximum absolute atomic E-state index is 11.0. The zero-order valence-electron chi connectivity index (χ0n) is 8.33. The monoisotopic (exact) mass is 202 g/mol. The first-order chi connectivity index (χ1) is 5.81. The number of aromatic nitrogens is 2. The summed E-state index contributed by atoms with van der Waals surface area (Å²) < 4.78 is 23.6. The van der Waals surface area contributed by atoms with Gasteiger partial charge in [0.2, 0.25) is 0 Å². The fraction of sp³-hybridized carbons (Fsp3) is 0.625. The molecule has 0 atom stereocenters. The first-order valence-corrected chi connectivity index (χ1v) is 6.05. The number of sulfone groups is 1. The van der Waals surface area contributed by atoms with Crippen LogP contribution in [0.2, 0.25) is 0 Å². The summed E-state index contributed by atoms with van der Waals surface area (Å²) in [7, 11) is -3.00. The molecule has 0 spiro atoms. The summed E-state index contributed by atoms with van der Waals surface area (Å²) in [5.74, 6) is -0.0342. The molecule has 0 aliphatic rings. The molecule has 0 fully saturated rings. The fourth-order valence-electron chi connectivity index (χ4n) is 1.13. The molecule has 0 saturated carbocycles. The molecule has 4 nitrogen and oxygen atoms in total. The normalized spacial score (nSPS) is 12.0. The Balaban J connectivity index is 3.11. The Morgan fingerprint density at radius 1 is 1.31 bits per heavy atom. The van der Waals surface area contributed by atoms with Gasteiger partial charge in [-0.25, -0.2) is 8.42 Å². The molecule has 0 aliphatic carbocycles. The predicted octanol–water partition coefficient (Wildman–Crippen LogP) is 0.810. The first kappa shape index (κ1) is 10.2. The van der Waals surface area contributed by atoms with Crippen LogP contribution in [0.1, 0.15) is 17.0 Å². The highest BCUT2D eigenvalue weighted by Crippen LogP contribution is 2.11. The van der Waals surface area contributed by atoms with Crippen LogP contribution in [-0.2, 0) is 15.7 Å². The van der Waals surface area contributed by atoms with Gasteiger partial charge in [0.1, 0.15) is 5.88 Å². The molecule has 0 unspecified atom stereocenters. The van der Waals surface area contributed by atoms with Crippen molar-refractivity contribution in [3.63, 3.8) is 0 Å². The van der Waals surface area contributed by atoms with Gasteiger partial charge in [-0.1, -0.05) is 0 Å². The minimum Gasteiger partial charge on any atom is -0.254 e. The van der Waals surface area contributed by atoms with Crippen LogP contribution < -0.4 is 0 Å². The third-order valence-electron chi connectivity index (χ3n) is 2.10. The maximum Gasteiger partial charge on any atom is 0.167 e. The quantitative estimate of drug-likeness (QED) is 0.713. The zero-order chi connectivity index (χ0) is 10.2. The van der Waals surface area contributed by atoms with Crippen LogP contribution in [0.5, 0.6) is 0 Å². The van der Waals surface area contributed by atoms with E-state index in [1.54, 1.807) is 0 Å². The lowest BCUT2D eigenvalue weighted by atomic mass is 10.2. The highest BCUT2D eigenvalue weighted by atomic mass is 32.2. The van der Waals surface area contributed by atoms with Crippen LogP contribution in [0.3, 0.4) is 0 Å². The molecule has 0 aromatic carbocycles. The van der Waals surface area contributed by atoms with E-state index in [1.165, 1.54) is 10.9 Å². The summed E-state index contributed by atoms with van der Waals surface area (Å²) in [6.45, 7) is 5.69. The van der Waals surface area contributed by atoms with Gasteiger partial charge < -0.3 is 0 Å². The van der Waals surface area contributed by atoms with Gasteiger partial charge in [-0.05, 0) is 26.3 Å². The van der Waals surface area contributed by atoms with Crippen LogP contribution in [0.4, 0.5) is 0 Å². The van der Waals surface area contributed by atoms with E-state index in [2.05, 4.69) is 5.10 Å². The second-order valence-corrected chi connectivity index (χ2v) is 5.46. The Hall–Kier alpha value is -0.840. The molecule has 0 radical (unpaired) electrons. The van der Waals surface area contributed by atoms with E-state index < -0.39 is 9.84 Å². The van der Waals surface area contributed by atoms with Crippen LogP contribution in [-0.4, -0.2) is 24.5 Å². The number of aryl methyl sites for hydroxylation is 1. The predicted molar refractivity (Wildman–Crippen MR) is 51.3 cm³/mol. The maximum atomic E-state index is 11.0. The van der Waals surface area contributed by atoms with Crippen LogP contribution in [0.15, 0.2) is 0 Å². The topological polar surface area (TPSA) is 52.0 Å². The van der Waals surface area contributed by atoms with Crippen molar-refractivity contribution in [1.29, 1.82) is 0 Å². The zero-order valence-corrected chi connectivity index (χ0v) is 9.14. The molecule has 1 rings (SSSR count). The van der Waals surface area contributed by atoms with E-state index in [4.69, 9.17) is 0 Å². The summed E-state index contributed by atoms with van der Waals surface area (Å²) in [6.07, 6.45) is 1.21. The van der Waals surface area contributed by atoms with E-state index >= 15 is 0 Å². The molecule has 13 heavy (non-hydrogen) atoms. The van der Waals surface area contributed by atoms with Crippen LogP contribution in [0, 0.1) is 20.8 Å². The minimum atomic E-state index is -3.00. The smallest absolute Gasteiger partial charge is 0.167 e. The fourth-order valence-corrected chi connectivity index (χ4v) is 1.83. The number of hydrogen-bond acceptors (Lipinski definition) is 3. The highest BCUT2D eigenvalue weighted by molar-refractivity contribution is 7.89. The van der Waals surface area contributed by atoms with Crippen molar-refractivity contribution in [1.82, 2.24) is 9.78 Å². The minimum absolute atomic E-state index is 0.0342. The average Bonchev–Trinajstić information content (AvgIpc) is 2.15. The summed E-state index contributed by atoms with van der Waals surface area (Å²) in [6, 6.07) is 0. The molecular weight excluding hydrogens is 188 g/mol. The van der Waals surface area contributed by atoms with Gasteiger partial charge in [0.25, 0.3) is 0 Å². The van der Waals surface area contributed by atoms with Gasteiger partial charge in [-0.3, -0.25) is 4.68 Å². The Labute approximate surface area is 78.5 Å². The van der Waals surface area contributed by atoms with Crippen molar-refractivity contribution in [3.8, 4) is 0 Å². The molecule has 0 amide bonds. The van der Waals surface area contributed by atoms with E-state index in [0.717, 1.165) is 17.0 Å². The van der Waals surface area contributed by atoms with Crippen molar-refractivity contribution in [2.24, 2.45) is 0 Å². The van der Waals surface area contributed by atoms with Gasteiger partial charge in [0, 0.05) is 11.9 Å². The first-order valence-electron chi connectivity index (χ1n) is 3.99. The van der Waals surface area contributed by atoms with Gasteiger partial charge in [-0.2, -0.15) is 5.10 Å². The second kappa shape index (κ2) is 3.14. The van der Waals surface area contributed by atoms with Crippen molar-refractivity contribution < 1.29 is 8.42 Å². The van der Waals surface area contributed by atoms with Gasteiger partial charge in [0.15, 0.2) is 9.84 Å².